The van der Waals surface area contributed by atoms with Gasteiger partial charge in [-0.2, -0.15) is 0 Å². The van der Waals surface area contributed by atoms with E-state index in [1.165, 1.54) is 18.4 Å². The maximum Gasteiger partial charge on any atom is 0.0568 e. The zero-order chi connectivity index (χ0) is 12.8. The number of aromatic nitrogens is 1. The van der Waals surface area contributed by atoms with Gasteiger partial charge in [-0.15, -0.1) is 0 Å². The predicted octanol–water partition coefficient (Wildman–Crippen LogP) is 2.11. The highest BCUT2D eigenvalue weighted by molar-refractivity contribution is 5.09. The summed E-state index contributed by atoms with van der Waals surface area (Å²) >= 11 is 0. The first-order chi connectivity index (χ1) is 8.75. The van der Waals surface area contributed by atoms with E-state index in [2.05, 4.69) is 29.1 Å². The topological polar surface area (TPSA) is 36.4 Å². The number of likely N-dealkylation sites (N-methyl/N-ethyl adjacent to an activating group) is 1. The molecular weight excluding hydrogens is 224 g/mol. The van der Waals surface area contributed by atoms with Crippen molar-refractivity contribution in [1.82, 2.24) is 9.88 Å². The van der Waals surface area contributed by atoms with Crippen LogP contribution < -0.4 is 0 Å². The second kappa shape index (κ2) is 6.86. The Hall–Kier alpha value is -0.930. The summed E-state index contributed by atoms with van der Waals surface area (Å²) in [6.07, 6.45) is 9.28. The molecule has 2 atom stereocenters. The number of hydrogen-bond acceptors (Lipinski definition) is 3. The Bertz CT molecular complexity index is 342. The molecule has 1 fully saturated rings. The Morgan fingerprint density at radius 1 is 1.28 bits per heavy atom. The summed E-state index contributed by atoms with van der Waals surface area (Å²) in [6.45, 7) is 2.17. The highest BCUT2D eigenvalue weighted by Gasteiger charge is 2.24. The number of nitrogens with zero attached hydrogens (tertiary/aromatic N) is 2. The van der Waals surface area contributed by atoms with Crippen LogP contribution in [-0.2, 0) is 6.42 Å². The van der Waals surface area contributed by atoms with E-state index in [4.69, 9.17) is 0 Å². The third-order valence-corrected chi connectivity index (χ3v) is 4.03. The summed E-state index contributed by atoms with van der Waals surface area (Å²) in [6, 6.07) is 4.16. The minimum absolute atomic E-state index is 0.0430. The van der Waals surface area contributed by atoms with Crippen molar-refractivity contribution >= 4 is 0 Å². The summed E-state index contributed by atoms with van der Waals surface area (Å²) in [4.78, 5) is 6.39. The lowest BCUT2D eigenvalue weighted by atomic mass is 10.0. The zero-order valence-corrected chi connectivity index (χ0v) is 11.3. The van der Waals surface area contributed by atoms with E-state index in [-0.39, 0.29) is 6.10 Å². The zero-order valence-electron chi connectivity index (χ0n) is 11.3. The molecule has 1 heterocycles. The maximum absolute atomic E-state index is 9.78. The lowest BCUT2D eigenvalue weighted by Crippen LogP contribution is -2.26. The van der Waals surface area contributed by atoms with Crippen LogP contribution in [-0.4, -0.2) is 41.2 Å². The average Bonchev–Trinajstić information content (AvgIpc) is 2.81. The van der Waals surface area contributed by atoms with Gasteiger partial charge < -0.3 is 10.0 Å². The molecule has 1 aromatic heterocycles. The molecule has 1 aliphatic carbocycles. The summed E-state index contributed by atoms with van der Waals surface area (Å²) in [5.41, 5.74) is 1.35. The van der Waals surface area contributed by atoms with Gasteiger partial charge in [-0.3, -0.25) is 4.98 Å². The van der Waals surface area contributed by atoms with Crippen molar-refractivity contribution in [3.63, 3.8) is 0 Å². The Morgan fingerprint density at radius 3 is 2.72 bits per heavy atom. The minimum Gasteiger partial charge on any atom is -0.393 e. The average molecular weight is 248 g/mol. The third kappa shape index (κ3) is 4.07. The fraction of sp³-hybridized carbons (Fsp3) is 0.667. The van der Waals surface area contributed by atoms with Crippen LogP contribution in [0.2, 0.25) is 0 Å². The van der Waals surface area contributed by atoms with E-state index in [0.717, 1.165) is 32.4 Å². The molecule has 0 radical (unpaired) electrons. The van der Waals surface area contributed by atoms with Gasteiger partial charge in [0.15, 0.2) is 0 Å². The van der Waals surface area contributed by atoms with E-state index in [1.807, 2.05) is 12.4 Å². The van der Waals surface area contributed by atoms with Crippen LogP contribution in [0.5, 0.6) is 0 Å². The Balaban J connectivity index is 1.64. The number of aliphatic hydroxyl groups excluding tert-OH is 1. The summed E-state index contributed by atoms with van der Waals surface area (Å²) < 4.78 is 0. The first-order valence-corrected chi connectivity index (χ1v) is 7.01. The van der Waals surface area contributed by atoms with E-state index < -0.39 is 0 Å². The monoisotopic (exact) mass is 248 g/mol. The number of pyridine rings is 1. The molecule has 0 aliphatic heterocycles. The SMILES string of the molecule is CN(CCc1ccncc1)CCC1CCCC1O. The van der Waals surface area contributed by atoms with Crippen LogP contribution in [0.4, 0.5) is 0 Å². The highest BCUT2D eigenvalue weighted by atomic mass is 16.3. The molecule has 0 aromatic carbocycles. The molecule has 0 bridgehead atoms. The molecule has 1 N–H and O–H groups in total. The summed E-state index contributed by atoms with van der Waals surface area (Å²) in [7, 11) is 2.17. The van der Waals surface area contributed by atoms with Crippen molar-refractivity contribution < 1.29 is 5.11 Å². The molecule has 0 spiro atoms. The van der Waals surface area contributed by atoms with Gasteiger partial charge in [-0.1, -0.05) is 6.42 Å². The van der Waals surface area contributed by atoms with Crippen molar-refractivity contribution in [3.05, 3.63) is 30.1 Å². The molecule has 2 rings (SSSR count). The molecule has 1 saturated carbocycles. The molecule has 100 valence electrons. The van der Waals surface area contributed by atoms with Gasteiger partial charge in [-0.05, 0) is 62.9 Å². The molecule has 1 aliphatic rings. The molecule has 0 saturated heterocycles. The van der Waals surface area contributed by atoms with Crippen molar-refractivity contribution in [2.75, 3.05) is 20.1 Å². The Kier molecular flexibility index (Phi) is 5.14. The van der Waals surface area contributed by atoms with Crippen LogP contribution in [0.1, 0.15) is 31.2 Å². The molecule has 1 aromatic rings. The van der Waals surface area contributed by atoms with Crippen LogP contribution in [0.3, 0.4) is 0 Å². The smallest absolute Gasteiger partial charge is 0.0568 e. The van der Waals surface area contributed by atoms with Crippen molar-refractivity contribution in [3.8, 4) is 0 Å². The van der Waals surface area contributed by atoms with Gasteiger partial charge in [0, 0.05) is 18.9 Å². The van der Waals surface area contributed by atoms with Crippen LogP contribution >= 0.6 is 0 Å². The van der Waals surface area contributed by atoms with Gasteiger partial charge in [-0.25, -0.2) is 0 Å². The van der Waals surface area contributed by atoms with Crippen molar-refractivity contribution in [2.24, 2.45) is 5.92 Å². The standard InChI is InChI=1S/C15H24N2O/c1-17(11-7-13-5-9-16-10-6-13)12-8-14-3-2-4-15(14)18/h5-6,9-10,14-15,18H,2-4,7-8,11-12H2,1H3. The molecular formula is C15H24N2O. The molecule has 0 amide bonds. The first-order valence-electron chi connectivity index (χ1n) is 7.01. The molecule has 3 heteroatoms. The maximum atomic E-state index is 9.78. The van der Waals surface area contributed by atoms with Crippen LogP contribution in [0.25, 0.3) is 0 Å². The number of hydrogen-bond donors (Lipinski definition) is 1. The van der Waals surface area contributed by atoms with E-state index in [9.17, 15) is 5.11 Å². The fourth-order valence-electron chi connectivity index (χ4n) is 2.72. The lowest BCUT2D eigenvalue weighted by Gasteiger charge is -2.20. The number of rotatable bonds is 6. The predicted molar refractivity (Wildman–Crippen MR) is 73.4 cm³/mol. The van der Waals surface area contributed by atoms with E-state index in [1.54, 1.807) is 0 Å². The van der Waals surface area contributed by atoms with Crippen LogP contribution in [0, 0.1) is 5.92 Å². The van der Waals surface area contributed by atoms with E-state index >= 15 is 0 Å². The first kappa shape index (κ1) is 13.5. The molecule has 18 heavy (non-hydrogen) atoms. The van der Waals surface area contributed by atoms with Gasteiger partial charge in [0.25, 0.3) is 0 Å². The highest BCUT2D eigenvalue weighted by Crippen LogP contribution is 2.28. The largest absolute Gasteiger partial charge is 0.393 e. The summed E-state index contributed by atoms with van der Waals surface area (Å²) in [5, 5.41) is 9.78. The van der Waals surface area contributed by atoms with Crippen molar-refractivity contribution in [2.45, 2.75) is 38.2 Å². The quantitative estimate of drug-likeness (QED) is 0.837. The normalized spacial score (nSPS) is 23.7. The van der Waals surface area contributed by atoms with Gasteiger partial charge in [0.05, 0.1) is 6.10 Å². The number of aliphatic hydroxyl groups is 1. The van der Waals surface area contributed by atoms with Gasteiger partial charge in [0.2, 0.25) is 0 Å². The van der Waals surface area contributed by atoms with Crippen LogP contribution in [0.15, 0.2) is 24.5 Å². The van der Waals surface area contributed by atoms with Crippen molar-refractivity contribution in [1.29, 1.82) is 0 Å². The second-order valence-electron chi connectivity index (χ2n) is 5.46. The van der Waals surface area contributed by atoms with E-state index in [0.29, 0.717) is 5.92 Å². The van der Waals surface area contributed by atoms with Gasteiger partial charge in [0.1, 0.15) is 0 Å². The molecule has 2 unspecified atom stereocenters. The molecule has 3 nitrogen and oxygen atoms in total. The summed E-state index contributed by atoms with van der Waals surface area (Å²) in [5.74, 6) is 0.536. The third-order valence-electron chi connectivity index (χ3n) is 4.03. The second-order valence-corrected chi connectivity index (χ2v) is 5.46. The Morgan fingerprint density at radius 2 is 2.06 bits per heavy atom. The van der Waals surface area contributed by atoms with Gasteiger partial charge >= 0.3 is 0 Å². The minimum atomic E-state index is -0.0430. The lowest BCUT2D eigenvalue weighted by molar-refractivity contribution is 0.121. The Labute approximate surface area is 110 Å². The fourth-order valence-corrected chi connectivity index (χ4v) is 2.72.